The Morgan fingerprint density at radius 1 is 1.33 bits per heavy atom. The molecule has 0 aliphatic carbocycles. The van der Waals surface area contributed by atoms with Crippen LogP contribution in [0.4, 0.5) is 4.79 Å². The summed E-state index contributed by atoms with van der Waals surface area (Å²) < 4.78 is 10.3. The van der Waals surface area contributed by atoms with Crippen LogP contribution < -0.4 is 10.1 Å². The number of aliphatic hydroxyl groups excluding tert-OH is 1. The number of hydrogen-bond acceptors (Lipinski definition) is 4. The molecule has 1 atom stereocenters. The van der Waals surface area contributed by atoms with Gasteiger partial charge in [0.25, 0.3) is 0 Å². The standard InChI is InChI=1S/C16H25NO4/c1-16(2,3)21-15(19)17-11-7-9-13(18)12-8-5-6-10-14(12)20-4/h5-6,8,10,13,18H,7,9,11H2,1-4H3,(H,17,19)/t13-/m1/s1. The zero-order valence-electron chi connectivity index (χ0n) is 13.2. The molecule has 0 spiro atoms. The van der Waals surface area contributed by atoms with Crippen molar-refractivity contribution >= 4 is 6.09 Å². The van der Waals surface area contributed by atoms with Gasteiger partial charge >= 0.3 is 6.09 Å². The number of rotatable bonds is 6. The fourth-order valence-electron chi connectivity index (χ4n) is 1.90. The van der Waals surface area contributed by atoms with Crippen LogP contribution in [0.1, 0.15) is 45.3 Å². The fraction of sp³-hybridized carbons (Fsp3) is 0.562. The number of para-hydroxylation sites is 1. The first kappa shape index (κ1) is 17.3. The number of ether oxygens (including phenoxy) is 2. The maximum Gasteiger partial charge on any atom is 0.407 e. The zero-order valence-corrected chi connectivity index (χ0v) is 13.2. The minimum atomic E-state index is -0.610. The van der Waals surface area contributed by atoms with Gasteiger partial charge in [-0.1, -0.05) is 18.2 Å². The lowest BCUT2D eigenvalue weighted by molar-refractivity contribution is 0.0523. The summed E-state index contributed by atoms with van der Waals surface area (Å²) in [5.74, 6) is 0.671. The molecule has 0 saturated heterocycles. The Labute approximate surface area is 126 Å². The molecule has 21 heavy (non-hydrogen) atoms. The van der Waals surface area contributed by atoms with Crippen molar-refractivity contribution in [1.29, 1.82) is 0 Å². The third-order valence-electron chi connectivity index (χ3n) is 2.82. The number of alkyl carbamates (subject to hydrolysis) is 1. The predicted octanol–water partition coefficient (Wildman–Crippen LogP) is 3.03. The van der Waals surface area contributed by atoms with Gasteiger partial charge in [-0.15, -0.1) is 0 Å². The Bertz CT molecular complexity index is 454. The Hall–Kier alpha value is -1.75. The van der Waals surface area contributed by atoms with E-state index in [1.807, 2.05) is 45.0 Å². The lowest BCUT2D eigenvalue weighted by Gasteiger charge is -2.20. The molecule has 0 fully saturated rings. The third-order valence-corrected chi connectivity index (χ3v) is 2.82. The van der Waals surface area contributed by atoms with Gasteiger partial charge in [-0.3, -0.25) is 0 Å². The predicted molar refractivity (Wildman–Crippen MR) is 81.4 cm³/mol. The van der Waals surface area contributed by atoms with E-state index in [4.69, 9.17) is 9.47 Å². The van der Waals surface area contributed by atoms with Gasteiger partial charge in [0.15, 0.2) is 0 Å². The summed E-state index contributed by atoms with van der Waals surface area (Å²) in [4.78, 5) is 11.5. The van der Waals surface area contributed by atoms with E-state index >= 15 is 0 Å². The van der Waals surface area contributed by atoms with E-state index in [2.05, 4.69) is 5.32 Å². The molecule has 1 rings (SSSR count). The Balaban J connectivity index is 2.34. The Morgan fingerprint density at radius 3 is 2.62 bits per heavy atom. The molecule has 5 nitrogen and oxygen atoms in total. The van der Waals surface area contributed by atoms with Crippen LogP contribution in [0.25, 0.3) is 0 Å². The van der Waals surface area contributed by atoms with Crippen molar-refractivity contribution in [2.24, 2.45) is 0 Å². The lowest BCUT2D eigenvalue weighted by Crippen LogP contribution is -2.33. The summed E-state index contributed by atoms with van der Waals surface area (Å²) in [5.41, 5.74) is 0.262. The van der Waals surface area contributed by atoms with E-state index in [1.165, 1.54) is 0 Å². The van der Waals surface area contributed by atoms with E-state index < -0.39 is 17.8 Å². The van der Waals surface area contributed by atoms with Gasteiger partial charge in [0, 0.05) is 12.1 Å². The highest BCUT2D eigenvalue weighted by Gasteiger charge is 2.16. The van der Waals surface area contributed by atoms with Gasteiger partial charge in [-0.25, -0.2) is 4.79 Å². The lowest BCUT2D eigenvalue weighted by atomic mass is 10.0. The summed E-state index contributed by atoms with van der Waals surface area (Å²) >= 11 is 0. The molecular formula is C16H25NO4. The molecular weight excluding hydrogens is 270 g/mol. The van der Waals surface area contributed by atoms with E-state index in [-0.39, 0.29) is 0 Å². The van der Waals surface area contributed by atoms with E-state index in [9.17, 15) is 9.90 Å². The molecule has 1 aromatic carbocycles. The minimum absolute atomic E-state index is 0.436. The molecule has 0 unspecified atom stereocenters. The van der Waals surface area contributed by atoms with Gasteiger partial charge in [0.1, 0.15) is 11.4 Å². The first-order valence-corrected chi connectivity index (χ1v) is 7.11. The summed E-state index contributed by atoms with van der Waals surface area (Å²) in [7, 11) is 1.58. The average molecular weight is 295 g/mol. The molecule has 1 amide bonds. The molecule has 0 radical (unpaired) electrons. The van der Waals surface area contributed by atoms with E-state index in [0.717, 1.165) is 5.56 Å². The van der Waals surface area contributed by atoms with Crippen molar-refractivity contribution in [3.05, 3.63) is 29.8 Å². The minimum Gasteiger partial charge on any atom is -0.496 e. The molecule has 0 bridgehead atoms. The second kappa shape index (κ2) is 7.88. The summed E-state index contributed by atoms with van der Waals surface area (Å²) in [6, 6.07) is 7.38. The second-order valence-corrected chi connectivity index (χ2v) is 5.83. The zero-order chi connectivity index (χ0) is 15.9. The van der Waals surface area contributed by atoms with Crippen LogP contribution in [-0.2, 0) is 4.74 Å². The molecule has 0 heterocycles. The van der Waals surface area contributed by atoms with Crippen molar-refractivity contribution in [1.82, 2.24) is 5.32 Å². The number of amides is 1. The van der Waals surface area contributed by atoms with Crippen molar-refractivity contribution in [2.45, 2.75) is 45.3 Å². The number of carbonyl (C=O) groups is 1. The number of methoxy groups -OCH3 is 1. The number of benzene rings is 1. The van der Waals surface area contributed by atoms with Crippen molar-refractivity contribution < 1.29 is 19.4 Å². The van der Waals surface area contributed by atoms with Crippen LogP contribution in [0.3, 0.4) is 0 Å². The van der Waals surface area contributed by atoms with Crippen molar-refractivity contribution in [3.8, 4) is 5.75 Å². The molecule has 0 aliphatic heterocycles. The largest absolute Gasteiger partial charge is 0.496 e. The van der Waals surface area contributed by atoms with Crippen LogP contribution in [0.15, 0.2) is 24.3 Å². The molecule has 1 aromatic rings. The molecule has 0 aliphatic rings. The van der Waals surface area contributed by atoms with Gasteiger partial charge in [-0.05, 0) is 39.7 Å². The summed E-state index contributed by atoms with van der Waals surface area (Å²) in [6.45, 7) is 5.91. The topological polar surface area (TPSA) is 67.8 Å². The van der Waals surface area contributed by atoms with Gasteiger partial charge < -0.3 is 19.9 Å². The number of aliphatic hydroxyl groups is 1. The number of hydrogen-bond donors (Lipinski definition) is 2. The highest BCUT2D eigenvalue weighted by Crippen LogP contribution is 2.27. The van der Waals surface area contributed by atoms with E-state index in [0.29, 0.717) is 25.1 Å². The smallest absolute Gasteiger partial charge is 0.407 e. The summed E-state index contributed by atoms with van der Waals surface area (Å²) in [5, 5.41) is 12.8. The first-order valence-electron chi connectivity index (χ1n) is 7.11. The highest BCUT2D eigenvalue weighted by molar-refractivity contribution is 5.67. The maximum absolute atomic E-state index is 11.5. The normalized spacial score (nSPS) is 12.6. The maximum atomic E-state index is 11.5. The van der Waals surface area contributed by atoms with Crippen LogP contribution in [-0.4, -0.2) is 30.5 Å². The van der Waals surface area contributed by atoms with Crippen LogP contribution in [0.2, 0.25) is 0 Å². The van der Waals surface area contributed by atoms with Crippen molar-refractivity contribution in [2.75, 3.05) is 13.7 Å². The Morgan fingerprint density at radius 2 is 2.00 bits per heavy atom. The number of carbonyl (C=O) groups excluding carboxylic acids is 1. The molecule has 2 N–H and O–H groups in total. The Kier molecular flexibility index (Phi) is 6.49. The van der Waals surface area contributed by atoms with Crippen LogP contribution in [0, 0.1) is 0 Å². The van der Waals surface area contributed by atoms with Crippen molar-refractivity contribution in [3.63, 3.8) is 0 Å². The number of nitrogens with one attached hydrogen (secondary N) is 1. The average Bonchev–Trinajstić information content (AvgIpc) is 2.41. The monoisotopic (exact) mass is 295 g/mol. The van der Waals surface area contributed by atoms with Crippen LogP contribution in [0.5, 0.6) is 5.75 Å². The van der Waals surface area contributed by atoms with Gasteiger partial charge in [-0.2, -0.15) is 0 Å². The second-order valence-electron chi connectivity index (χ2n) is 5.83. The quantitative estimate of drug-likeness (QED) is 0.792. The van der Waals surface area contributed by atoms with Gasteiger partial charge in [0.05, 0.1) is 13.2 Å². The SMILES string of the molecule is COc1ccccc1[C@H](O)CCCNC(=O)OC(C)(C)C. The fourth-order valence-corrected chi connectivity index (χ4v) is 1.90. The molecule has 0 saturated carbocycles. The highest BCUT2D eigenvalue weighted by atomic mass is 16.6. The first-order chi connectivity index (χ1) is 9.83. The molecule has 118 valence electrons. The third kappa shape index (κ3) is 6.49. The van der Waals surface area contributed by atoms with E-state index in [1.54, 1.807) is 7.11 Å². The summed E-state index contributed by atoms with van der Waals surface area (Å²) in [6.07, 6.45) is 0.144. The molecule has 5 heteroatoms. The van der Waals surface area contributed by atoms with Gasteiger partial charge in [0.2, 0.25) is 0 Å². The molecule has 0 aromatic heterocycles. The van der Waals surface area contributed by atoms with Crippen LogP contribution >= 0.6 is 0 Å².